The van der Waals surface area contributed by atoms with Crippen molar-refractivity contribution in [2.24, 2.45) is 0 Å². The smallest absolute Gasteiger partial charge is 0.328 e. The summed E-state index contributed by atoms with van der Waals surface area (Å²) in [5.41, 5.74) is 1.69. The van der Waals surface area contributed by atoms with E-state index in [1.165, 1.54) is 0 Å². The van der Waals surface area contributed by atoms with Crippen molar-refractivity contribution in [3.63, 3.8) is 0 Å². The minimum Gasteiger partial charge on any atom is -0.487 e. The van der Waals surface area contributed by atoms with Crippen molar-refractivity contribution in [2.75, 3.05) is 0 Å². The van der Waals surface area contributed by atoms with Crippen molar-refractivity contribution >= 4 is 55.2 Å². The molecular weight excluding hydrogens is 420 g/mol. The zero-order valence-corrected chi connectivity index (χ0v) is 15.1. The fourth-order valence-electron chi connectivity index (χ4n) is 1.81. The molecule has 1 heterocycles. The van der Waals surface area contributed by atoms with Crippen LogP contribution in [0.3, 0.4) is 0 Å². The van der Waals surface area contributed by atoms with E-state index in [4.69, 9.17) is 9.84 Å². The van der Waals surface area contributed by atoms with Gasteiger partial charge in [-0.25, -0.2) is 4.79 Å². The summed E-state index contributed by atoms with van der Waals surface area (Å²) in [6.45, 7) is 2.38. The molecule has 21 heavy (non-hydrogen) atoms. The molecule has 0 bridgehead atoms. The number of aliphatic carboxylic acids is 1. The fourth-order valence-corrected chi connectivity index (χ4v) is 3.76. The summed E-state index contributed by atoms with van der Waals surface area (Å²) in [6, 6.07) is 5.79. The summed E-state index contributed by atoms with van der Waals surface area (Å²) in [6.07, 6.45) is 2.65. The van der Waals surface area contributed by atoms with E-state index in [0.717, 1.165) is 31.0 Å². The molecule has 0 aliphatic carbocycles. The van der Waals surface area contributed by atoms with Gasteiger partial charge < -0.3 is 9.84 Å². The molecule has 1 aromatic heterocycles. The standard InChI is InChI=1S/C15H12Br2O3S/c1-9-4-11(16)5-10(2-3-14(18)19)15(9)20-7-13-6-12(17)8-21-13/h2-6,8H,7H2,1H3,(H,18,19)/b3-2+. The summed E-state index contributed by atoms with van der Waals surface area (Å²) in [7, 11) is 0. The first-order valence-corrected chi connectivity index (χ1v) is 8.49. The maximum absolute atomic E-state index is 10.7. The summed E-state index contributed by atoms with van der Waals surface area (Å²) in [5.74, 6) is -0.291. The average molecular weight is 432 g/mol. The summed E-state index contributed by atoms with van der Waals surface area (Å²) >= 11 is 8.43. The molecule has 0 saturated carbocycles. The van der Waals surface area contributed by atoms with E-state index in [2.05, 4.69) is 31.9 Å². The molecule has 0 radical (unpaired) electrons. The van der Waals surface area contributed by atoms with Gasteiger partial charge in [0.05, 0.1) is 0 Å². The maximum atomic E-state index is 10.7. The lowest BCUT2D eigenvalue weighted by Crippen LogP contribution is -1.98. The highest BCUT2D eigenvalue weighted by atomic mass is 79.9. The largest absolute Gasteiger partial charge is 0.487 e. The van der Waals surface area contributed by atoms with Crippen LogP contribution < -0.4 is 4.74 Å². The van der Waals surface area contributed by atoms with Crippen molar-refractivity contribution in [1.29, 1.82) is 0 Å². The molecule has 3 nitrogen and oxygen atoms in total. The Bertz CT molecular complexity index is 692. The summed E-state index contributed by atoms with van der Waals surface area (Å²) in [5, 5.41) is 10.8. The van der Waals surface area contributed by atoms with Gasteiger partial charge in [-0.15, -0.1) is 11.3 Å². The van der Waals surface area contributed by atoms with Crippen LogP contribution in [0.25, 0.3) is 6.08 Å². The van der Waals surface area contributed by atoms with Gasteiger partial charge in [0.2, 0.25) is 0 Å². The lowest BCUT2D eigenvalue weighted by atomic mass is 10.1. The number of benzene rings is 1. The lowest BCUT2D eigenvalue weighted by molar-refractivity contribution is -0.131. The number of rotatable bonds is 5. The molecule has 0 spiro atoms. The molecule has 0 atom stereocenters. The molecule has 0 saturated heterocycles. The van der Waals surface area contributed by atoms with Crippen molar-refractivity contribution in [3.05, 3.63) is 54.6 Å². The Morgan fingerprint density at radius 2 is 2.10 bits per heavy atom. The van der Waals surface area contributed by atoms with E-state index >= 15 is 0 Å². The normalized spacial score (nSPS) is 11.0. The molecule has 0 fully saturated rings. The first-order valence-electron chi connectivity index (χ1n) is 6.02. The third kappa shape index (κ3) is 4.69. The second-order valence-electron chi connectivity index (χ2n) is 4.33. The number of carboxylic acids is 1. The van der Waals surface area contributed by atoms with Crippen LogP contribution in [-0.2, 0) is 11.4 Å². The van der Waals surface area contributed by atoms with Gasteiger partial charge in [0.1, 0.15) is 12.4 Å². The minimum atomic E-state index is -0.985. The second-order valence-corrected chi connectivity index (χ2v) is 7.16. The molecular formula is C15H12Br2O3S. The first-order chi connectivity index (χ1) is 9.95. The predicted octanol–water partition coefficient (Wildman–Crippen LogP) is 5.26. The third-order valence-corrected chi connectivity index (χ3v) is 4.78. The van der Waals surface area contributed by atoms with Gasteiger partial charge in [0.25, 0.3) is 0 Å². The third-order valence-electron chi connectivity index (χ3n) is 2.65. The highest BCUT2D eigenvalue weighted by molar-refractivity contribution is 9.10. The summed E-state index contributed by atoms with van der Waals surface area (Å²) in [4.78, 5) is 11.8. The SMILES string of the molecule is Cc1cc(Br)cc(/C=C/C(=O)O)c1OCc1cc(Br)cs1. The number of ether oxygens (including phenoxy) is 1. The van der Waals surface area contributed by atoms with E-state index in [-0.39, 0.29) is 0 Å². The molecule has 2 aromatic rings. The number of aryl methyl sites for hydroxylation is 1. The van der Waals surface area contributed by atoms with Gasteiger partial charge in [-0.3, -0.25) is 0 Å². The van der Waals surface area contributed by atoms with Crippen molar-refractivity contribution in [1.82, 2.24) is 0 Å². The Morgan fingerprint density at radius 1 is 1.33 bits per heavy atom. The van der Waals surface area contributed by atoms with Crippen LogP contribution in [0.2, 0.25) is 0 Å². The quantitative estimate of drug-likeness (QED) is 0.657. The molecule has 110 valence electrons. The Hall–Kier alpha value is -1.11. The number of carbonyl (C=O) groups is 1. The van der Waals surface area contributed by atoms with Crippen LogP contribution in [0.4, 0.5) is 0 Å². The zero-order chi connectivity index (χ0) is 15.4. The number of hydrogen-bond donors (Lipinski definition) is 1. The summed E-state index contributed by atoms with van der Waals surface area (Å²) < 4.78 is 7.80. The van der Waals surface area contributed by atoms with E-state index in [1.54, 1.807) is 17.4 Å². The van der Waals surface area contributed by atoms with Gasteiger partial charge in [-0.05, 0) is 52.7 Å². The Balaban J connectivity index is 2.26. The average Bonchev–Trinajstić information content (AvgIpc) is 2.80. The molecule has 6 heteroatoms. The Labute approximate surface area is 143 Å². The Kier molecular flexibility index (Phi) is 5.61. The van der Waals surface area contributed by atoms with Crippen molar-refractivity contribution in [2.45, 2.75) is 13.5 Å². The Morgan fingerprint density at radius 3 is 2.71 bits per heavy atom. The van der Waals surface area contributed by atoms with Crippen LogP contribution >= 0.6 is 43.2 Å². The lowest BCUT2D eigenvalue weighted by Gasteiger charge is -2.12. The maximum Gasteiger partial charge on any atom is 0.328 e. The molecule has 0 aliphatic rings. The molecule has 0 amide bonds. The highest BCUT2D eigenvalue weighted by Gasteiger charge is 2.09. The second kappa shape index (κ2) is 7.24. The van der Waals surface area contributed by atoms with Gasteiger partial charge in [0.15, 0.2) is 0 Å². The van der Waals surface area contributed by atoms with Crippen LogP contribution in [0.5, 0.6) is 5.75 Å². The molecule has 0 unspecified atom stereocenters. The van der Waals surface area contributed by atoms with E-state index in [0.29, 0.717) is 12.4 Å². The van der Waals surface area contributed by atoms with E-state index < -0.39 is 5.97 Å². The van der Waals surface area contributed by atoms with Crippen molar-refractivity contribution < 1.29 is 14.6 Å². The first kappa shape index (κ1) is 16.3. The van der Waals surface area contributed by atoms with Crippen LogP contribution in [-0.4, -0.2) is 11.1 Å². The van der Waals surface area contributed by atoms with Gasteiger partial charge in [0, 0.05) is 30.8 Å². The molecule has 1 aromatic carbocycles. The number of hydrogen-bond acceptors (Lipinski definition) is 3. The van der Waals surface area contributed by atoms with E-state index in [9.17, 15) is 4.79 Å². The highest BCUT2D eigenvalue weighted by Crippen LogP contribution is 2.30. The number of carboxylic acid groups (broad SMARTS) is 1. The molecule has 1 N–H and O–H groups in total. The van der Waals surface area contributed by atoms with Crippen LogP contribution in [0.1, 0.15) is 16.0 Å². The van der Waals surface area contributed by atoms with Crippen LogP contribution in [0, 0.1) is 6.92 Å². The zero-order valence-electron chi connectivity index (χ0n) is 11.1. The topological polar surface area (TPSA) is 46.5 Å². The fraction of sp³-hybridized carbons (Fsp3) is 0.133. The van der Waals surface area contributed by atoms with Crippen molar-refractivity contribution in [3.8, 4) is 5.75 Å². The molecule has 0 aliphatic heterocycles. The van der Waals surface area contributed by atoms with Gasteiger partial charge in [-0.1, -0.05) is 15.9 Å². The number of thiophene rings is 1. The number of halogens is 2. The minimum absolute atomic E-state index is 0.451. The monoisotopic (exact) mass is 430 g/mol. The van der Waals surface area contributed by atoms with Gasteiger partial charge >= 0.3 is 5.97 Å². The molecule has 2 rings (SSSR count). The van der Waals surface area contributed by atoms with Gasteiger partial charge in [-0.2, -0.15) is 0 Å². The van der Waals surface area contributed by atoms with Crippen LogP contribution in [0.15, 0.2) is 38.6 Å². The van der Waals surface area contributed by atoms with E-state index in [1.807, 2.05) is 30.5 Å². The predicted molar refractivity (Wildman–Crippen MR) is 91.9 cm³/mol.